The third-order valence-corrected chi connectivity index (χ3v) is 7.12. The number of carbonyl (C=O) groups is 4. The van der Waals surface area contributed by atoms with Gasteiger partial charge in [0.25, 0.3) is 0 Å². The molecule has 2 N–H and O–H groups in total. The molecule has 256 valence electrons. The lowest BCUT2D eigenvalue weighted by molar-refractivity contribution is -0.159. The molecule has 2 atom stereocenters. The quantitative estimate of drug-likeness (QED) is 0.122. The van der Waals surface area contributed by atoms with Gasteiger partial charge >= 0.3 is 12.1 Å². The number of esters is 1. The molecule has 0 saturated heterocycles. The van der Waals surface area contributed by atoms with Crippen LogP contribution < -0.4 is 10.6 Å². The van der Waals surface area contributed by atoms with Crippen LogP contribution in [0.3, 0.4) is 0 Å². The van der Waals surface area contributed by atoms with Crippen molar-refractivity contribution >= 4 is 23.9 Å². The number of ether oxygens (including phenoxy) is 2. The summed E-state index contributed by atoms with van der Waals surface area (Å²) in [6.07, 6.45) is 11.1. The average Bonchev–Trinajstić information content (AvgIpc) is 2.99. The van der Waals surface area contributed by atoms with Crippen LogP contribution >= 0.6 is 0 Å². The minimum atomic E-state index is -1.19. The monoisotopic (exact) mass is 647 g/mol. The van der Waals surface area contributed by atoms with Gasteiger partial charge in [-0.05, 0) is 65.2 Å². The molecule has 0 heterocycles. The van der Waals surface area contributed by atoms with Gasteiger partial charge in [0.15, 0.2) is 0 Å². The van der Waals surface area contributed by atoms with Gasteiger partial charge in [0.1, 0.15) is 29.8 Å². The number of hydrogen-bond donors (Lipinski definition) is 2. The van der Waals surface area contributed by atoms with Crippen LogP contribution in [-0.4, -0.2) is 59.1 Å². The van der Waals surface area contributed by atoms with E-state index in [-0.39, 0.29) is 13.0 Å². The highest BCUT2D eigenvalue weighted by Crippen LogP contribution is 2.26. The van der Waals surface area contributed by atoms with Crippen LogP contribution in [0.5, 0.6) is 0 Å². The van der Waals surface area contributed by atoms with Crippen LogP contribution in [0.15, 0.2) is 54.6 Å². The molecule has 9 nitrogen and oxygen atoms in total. The standard InChI is InChI=1S/C38H53N3O6/c1-9-11-12-13-14-20-25-41(32(42)27-39-36(45)47-38(6,7)8)33(30-24-19-18-23-29(30)10-2)34(43)40-31(35(44)46-37(3,4)5)26-28-21-16-15-17-22-28/h2,15-19,21-24,31,33H,9,11-14,20,25-27H2,1,3-8H3,(H,39,45)(H,40,43). The Morgan fingerprint density at radius 2 is 1.43 bits per heavy atom. The Labute approximate surface area is 281 Å². The molecule has 2 aromatic carbocycles. The zero-order valence-corrected chi connectivity index (χ0v) is 29.2. The molecule has 9 heteroatoms. The lowest BCUT2D eigenvalue weighted by Crippen LogP contribution is -2.52. The highest BCUT2D eigenvalue weighted by molar-refractivity contribution is 5.93. The molecular weight excluding hydrogens is 594 g/mol. The Kier molecular flexibility index (Phi) is 15.5. The molecule has 0 fully saturated rings. The van der Waals surface area contributed by atoms with Gasteiger partial charge in [-0.1, -0.05) is 93.5 Å². The molecule has 0 aliphatic rings. The van der Waals surface area contributed by atoms with Crippen molar-refractivity contribution in [1.82, 2.24) is 15.5 Å². The molecule has 0 radical (unpaired) electrons. The molecule has 0 bridgehead atoms. The molecule has 0 aliphatic heterocycles. The largest absolute Gasteiger partial charge is 0.458 e. The Morgan fingerprint density at radius 1 is 0.830 bits per heavy atom. The van der Waals surface area contributed by atoms with E-state index in [2.05, 4.69) is 23.5 Å². The summed E-state index contributed by atoms with van der Waals surface area (Å²) < 4.78 is 11.0. The molecule has 0 saturated carbocycles. The van der Waals surface area contributed by atoms with E-state index in [1.165, 1.54) is 4.90 Å². The van der Waals surface area contributed by atoms with E-state index in [0.717, 1.165) is 37.7 Å². The molecule has 2 unspecified atom stereocenters. The number of alkyl carbamates (subject to hydrolysis) is 1. The fourth-order valence-corrected chi connectivity index (χ4v) is 5.01. The first-order valence-corrected chi connectivity index (χ1v) is 16.5. The maximum Gasteiger partial charge on any atom is 0.408 e. The van der Waals surface area contributed by atoms with E-state index in [9.17, 15) is 19.2 Å². The second kappa shape index (κ2) is 18.7. The van der Waals surface area contributed by atoms with Crippen molar-refractivity contribution < 1.29 is 28.7 Å². The molecular formula is C38H53N3O6. The number of nitrogens with zero attached hydrogens (tertiary/aromatic N) is 1. The highest BCUT2D eigenvalue weighted by atomic mass is 16.6. The van der Waals surface area contributed by atoms with Gasteiger partial charge in [-0.3, -0.25) is 9.59 Å². The van der Waals surface area contributed by atoms with E-state index in [0.29, 0.717) is 17.5 Å². The first-order valence-electron chi connectivity index (χ1n) is 16.5. The van der Waals surface area contributed by atoms with Crippen LogP contribution in [0.1, 0.15) is 110 Å². The lowest BCUT2D eigenvalue weighted by atomic mass is 9.96. The number of rotatable bonds is 16. The SMILES string of the molecule is C#Cc1ccccc1C(C(=O)NC(Cc1ccccc1)C(=O)OC(C)(C)C)N(CCCCCCCC)C(=O)CNC(=O)OC(C)(C)C. The first kappa shape index (κ1) is 38.9. The van der Waals surface area contributed by atoms with E-state index >= 15 is 0 Å². The summed E-state index contributed by atoms with van der Waals surface area (Å²) in [6.45, 7) is 12.4. The predicted octanol–water partition coefficient (Wildman–Crippen LogP) is 6.49. The number of carbonyl (C=O) groups excluding carboxylic acids is 4. The molecule has 0 aromatic heterocycles. The summed E-state index contributed by atoms with van der Waals surface area (Å²) in [5.41, 5.74) is 0.150. The zero-order valence-electron chi connectivity index (χ0n) is 29.2. The molecule has 2 rings (SSSR count). The predicted molar refractivity (Wildman–Crippen MR) is 184 cm³/mol. The molecule has 2 aromatic rings. The maximum atomic E-state index is 14.4. The van der Waals surface area contributed by atoms with E-state index < -0.39 is 53.7 Å². The van der Waals surface area contributed by atoms with Crippen LogP contribution in [0.25, 0.3) is 0 Å². The number of terminal acetylenes is 1. The Hall–Kier alpha value is -4.32. The van der Waals surface area contributed by atoms with Gasteiger partial charge in [0.2, 0.25) is 11.8 Å². The van der Waals surface area contributed by atoms with Crippen molar-refractivity contribution in [3.8, 4) is 12.3 Å². The van der Waals surface area contributed by atoms with Gasteiger partial charge in [0, 0.05) is 18.5 Å². The Bertz CT molecular complexity index is 1350. The summed E-state index contributed by atoms with van der Waals surface area (Å²) in [7, 11) is 0. The highest BCUT2D eigenvalue weighted by Gasteiger charge is 2.36. The summed E-state index contributed by atoms with van der Waals surface area (Å²) in [6, 6.07) is 14.0. The van der Waals surface area contributed by atoms with Crippen molar-refractivity contribution in [1.29, 1.82) is 0 Å². The van der Waals surface area contributed by atoms with Gasteiger partial charge < -0.3 is 25.0 Å². The minimum Gasteiger partial charge on any atom is -0.458 e. The number of unbranched alkanes of at least 4 members (excludes halogenated alkanes) is 5. The second-order valence-electron chi connectivity index (χ2n) is 13.6. The number of hydrogen-bond acceptors (Lipinski definition) is 6. The van der Waals surface area contributed by atoms with E-state index in [1.54, 1.807) is 65.8 Å². The van der Waals surface area contributed by atoms with Gasteiger partial charge in [-0.15, -0.1) is 6.42 Å². The number of nitrogens with one attached hydrogen (secondary N) is 2. The second-order valence-corrected chi connectivity index (χ2v) is 13.6. The number of benzene rings is 2. The molecule has 0 spiro atoms. The average molecular weight is 648 g/mol. The van der Waals surface area contributed by atoms with Gasteiger partial charge in [-0.25, -0.2) is 9.59 Å². The fraction of sp³-hybridized carbons (Fsp3) is 0.526. The third kappa shape index (κ3) is 14.3. The van der Waals surface area contributed by atoms with Gasteiger partial charge in [-0.2, -0.15) is 0 Å². The number of amides is 3. The topological polar surface area (TPSA) is 114 Å². The van der Waals surface area contributed by atoms with Gasteiger partial charge in [0.05, 0.1) is 0 Å². The van der Waals surface area contributed by atoms with Crippen molar-refractivity contribution in [3.05, 3.63) is 71.3 Å². The summed E-state index contributed by atoms with van der Waals surface area (Å²) in [4.78, 5) is 55.7. The lowest BCUT2D eigenvalue weighted by Gasteiger charge is -2.33. The summed E-state index contributed by atoms with van der Waals surface area (Å²) in [5.74, 6) is 0.961. The minimum absolute atomic E-state index is 0.177. The first-order chi connectivity index (χ1) is 22.1. The van der Waals surface area contributed by atoms with Crippen molar-refractivity contribution in [2.75, 3.05) is 13.1 Å². The van der Waals surface area contributed by atoms with Crippen LogP contribution in [0.2, 0.25) is 0 Å². The van der Waals surface area contributed by atoms with Crippen molar-refractivity contribution in [2.24, 2.45) is 0 Å². The Morgan fingerprint density at radius 3 is 2.04 bits per heavy atom. The smallest absolute Gasteiger partial charge is 0.408 e. The Balaban J connectivity index is 2.52. The van der Waals surface area contributed by atoms with Crippen LogP contribution in [0, 0.1) is 12.3 Å². The van der Waals surface area contributed by atoms with Crippen LogP contribution in [-0.2, 0) is 30.3 Å². The fourth-order valence-electron chi connectivity index (χ4n) is 5.01. The van der Waals surface area contributed by atoms with E-state index in [1.807, 2.05) is 30.3 Å². The van der Waals surface area contributed by atoms with Crippen LogP contribution in [0.4, 0.5) is 4.79 Å². The molecule has 0 aliphatic carbocycles. The zero-order chi connectivity index (χ0) is 35.0. The molecule has 3 amide bonds. The normalized spacial score (nSPS) is 12.6. The van der Waals surface area contributed by atoms with Crippen molar-refractivity contribution in [2.45, 2.75) is 117 Å². The summed E-state index contributed by atoms with van der Waals surface area (Å²) in [5, 5.41) is 5.43. The van der Waals surface area contributed by atoms with E-state index in [4.69, 9.17) is 15.9 Å². The van der Waals surface area contributed by atoms with Crippen molar-refractivity contribution in [3.63, 3.8) is 0 Å². The molecule has 47 heavy (non-hydrogen) atoms. The maximum absolute atomic E-state index is 14.4. The third-order valence-electron chi connectivity index (χ3n) is 7.12. The summed E-state index contributed by atoms with van der Waals surface area (Å²) >= 11 is 0.